The van der Waals surface area contributed by atoms with Crippen molar-refractivity contribution in [2.75, 3.05) is 46.9 Å². The Morgan fingerprint density at radius 1 is 1.00 bits per heavy atom. The van der Waals surface area contributed by atoms with Crippen LogP contribution in [-0.4, -0.2) is 63.6 Å². The summed E-state index contributed by atoms with van der Waals surface area (Å²) in [5.74, 6) is 1.64. The summed E-state index contributed by atoms with van der Waals surface area (Å²) >= 11 is 0. The Morgan fingerprint density at radius 3 is 2.36 bits per heavy atom. The monoisotopic (exact) mass is 565 g/mol. The molecular weight excluding hydrogens is 529 g/mol. The number of aliphatic imine (C=N–C) groups is 1. The van der Waals surface area contributed by atoms with Crippen LogP contribution in [-0.2, 0) is 0 Å². The number of carbonyl (C=O) groups excluding carboxylic acids is 1. The number of benzene rings is 2. The molecule has 2 aromatic rings. The third-order valence-corrected chi connectivity index (χ3v) is 5.73. The largest absolute Gasteiger partial charge is 0.496 e. The van der Waals surface area contributed by atoms with E-state index in [0.29, 0.717) is 12.1 Å². The van der Waals surface area contributed by atoms with Crippen LogP contribution in [0.1, 0.15) is 41.2 Å². The van der Waals surface area contributed by atoms with Gasteiger partial charge in [0.1, 0.15) is 5.75 Å². The first-order valence-corrected chi connectivity index (χ1v) is 11.4. The summed E-state index contributed by atoms with van der Waals surface area (Å²) in [7, 11) is 3.50. The number of nitrogens with zero attached hydrogens (tertiary/aromatic N) is 2. The minimum Gasteiger partial charge on any atom is -0.496 e. The Balaban J connectivity index is 0.00000385. The summed E-state index contributed by atoms with van der Waals surface area (Å²) < 4.78 is 5.63. The highest BCUT2D eigenvalue weighted by Gasteiger charge is 2.26. The van der Waals surface area contributed by atoms with Crippen molar-refractivity contribution in [2.24, 2.45) is 4.99 Å². The number of hydrogen-bond donors (Lipinski definition) is 3. The Hall–Kier alpha value is -2.33. The maximum absolute atomic E-state index is 12.1. The maximum Gasteiger partial charge on any atom is 0.251 e. The second kappa shape index (κ2) is 14.7. The van der Waals surface area contributed by atoms with Crippen molar-refractivity contribution in [1.29, 1.82) is 0 Å². The minimum atomic E-state index is -0.0432. The van der Waals surface area contributed by atoms with Gasteiger partial charge in [0.25, 0.3) is 5.91 Å². The topological polar surface area (TPSA) is 78.0 Å². The highest BCUT2D eigenvalue weighted by molar-refractivity contribution is 14.0. The predicted molar refractivity (Wildman–Crippen MR) is 145 cm³/mol. The molecule has 180 valence electrons. The van der Waals surface area contributed by atoms with Crippen molar-refractivity contribution in [3.05, 3.63) is 65.7 Å². The van der Waals surface area contributed by atoms with Crippen molar-refractivity contribution in [2.45, 2.75) is 25.3 Å². The summed E-state index contributed by atoms with van der Waals surface area (Å²) in [6.07, 6.45) is 3.27. The predicted octanol–water partition coefficient (Wildman–Crippen LogP) is 3.44. The number of halogens is 1. The van der Waals surface area contributed by atoms with E-state index in [1.165, 1.54) is 18.4 Å². The summed E-state index contributed by atoms with van der Waals surface area (Å²) in [5, 5.41) is 9.78. The molecule has 2 aromatic carbocycles. The fourth-order valence-electron chi connectivity index (χ4n) is 4.03. The molecule has 0 spiro atoms. The van der Waals surface area contributed by atoms with Gasteiger partial charge in [0.05, 0.1) is 13.2 Å². The Morgan fingerprint density at radius 2 is 1.67 bits per heavy atom. The van der Waals surface area contributed by atoms with E-state index < -0.39 is 0 Å². The molecule has 1 aliphatic rings. The van der Waals surface area contributed by atoms with Crippen molar-refractivity contribution >= 4 is 35.8 Å². The fourth-order valence-corrected chi connectivity index (χ4v) is 4.03. The summed E-state index contributed by atoms with van der Waals surface area (Å²) in [6.45, 7) is 4.26. The van der Waals surface area contributed by atoms with E-state index in [1.807, 2.05) is 42.5 Å². The SMILES string of the molecule is CN=C(NCCCNC(=O)c1ccccc1)NCC(c1ccccc1OC)N1CCCC1.I. The molecule has 3 N–H and O–H groups in total. The average molecular weight is 566 g/mol. The molecular formula is C25H36IN5O2. The van der Waals surface area contributed by atoms with Crippen molar-refractivity contribution in [3.63, 3.8) is 0 Å². The molecule has 1 saturated heterocycles. The van der Waals surface area contributed by atoms with Gasteiger partial charge in [-0.3, -0.25) is 14.7 Å². The number of para-hydroxylation sites is 1. The van der Waals surface area contributed by atoms with E-state index >= 15 is 0 Å². The lowest BCUT2D eigenvalue weighted by molar-refractivity contribution is 0.0953. The first kappa shape index (κ1) is 26.9. The zero-order valence-electron chi connectivity index (χ0n) is 19.5. The maximum atomic E-state index is 12.1. The highest BCUT2D eigenvalue weighted by atomic mass is 127. The molecule has 3 rings (SSSR count). The minimum absolute atomic E-state index is 0. The number of amides is 1. The number of nitrogens with one attached hydrogen (secondary N) is 3. The quantitative estimate of drug-likeness (QED) is 0.178. The van der Waals surface area contributed by atoms with E-state index in [2.05, 4.69) is 38.0 Å². The number of guanidine groups is 1. The second-order valence-corrected chi connectivity index (χ2v) is 7.86. The zero-order chi connectivity index (χ0) is 22.6. The molecule has 0 radical (unpaired) electrons. The fraction of sp³-hybridized carbons (Fsp3) is 0.440. The van der Waals surface area contributed by atoms with Gasteiger partial charge in [0, 0.05) is 37.8 Å². The van der Waals surface area contributed by atoms with Crippen molar-refractivity contribution in [1.82, 2.24) is 20.9 Å². The lowest BCUT2D eigenvalue weighted by atomic mass is 10.0. The first-order valence-electron chi connectivity index (χ1n) is 11.4. The van der Waals surface area contributed by atoms with Gasteiger partial charge in [-0.2, -0.15) is 0 Å². The van der Waals surface area contributed by atoms with Crippen molar-refractivity contribution in [3.8, 4) is 5.75 Å². The Bertz CT molecular complexity index is 872. The molecule has 1 aliphatic heterocycles. The number of rotatable bonds is 10. The van der Waals surface area contributed by atoms with Crippen LogP contribution < -0.4 is 20.7 Å². The molecule has 0 bridgehead atoms. The van der Waals surface area contributed by atoms with Crippen LogP contribution in [0, 0.1) is 0 Å². The average Bonchev–Trinajstić information content (AvgIpc) is 3.38. The van der Waals surface area contributed by atoms with Crippen LogP contribution in [0.5, 0.6) is 5.75 Å². The van der Waals surface area contributed by atoms with Crippen LogP contribution in [0.15, 0.2) is 59.6 Å². The third-order valence-electron chi connectivity index (χ3n) is 5.73. The van der Waals surface area contributed by atoms with Gasteiger partial charge in [-0.25, -0.2) is 0 Å². The molecule has 1 fully saturated rings. The molecule has 33 heavy (non-hydrogen) atoms. The summed E-state index contributed by atoms with van der Waals surface area (Å²) in [5.41, 5.74) is 1.88. The molecule has 7 nitrogen and oxygen atoms in total. The number of hydrogen-bond acceptors (Lipinski definition) is 4. The van der Waals surface area contributed by atoms with Gasteiger partial charge in [-0.1, -0.05) is 36.4 Å². The van der Waals surface area contributed by atoms with Gasteiger partial charge in [0.2, 0.25) is 0 Å². The lowest BCUT2D eigenvalue weighted by Crippen LogP contribution is -2.43. The summed E-state index contributed by atoms with van der Waals surface area (Å²) in [4.78, 5) is 19.0. The van der Waals surface area contributed by atoms with E-state index in [1.54, 1.807) is 14.2 Å². The van der Waals surface area contributed by atoms with Crippen LogP contribution in [0.25, 0.3) is 0 Å². The number of methoxy groups -OCH3 is 1. The third kappa shape index (κ3) is 8.19. The number of carbonyl (C=O) groups is 1. The van der Waals surface area contributed by atoms with E-state index in [0.717, 1.165) is 44.3 Å². The zero-order valence-corrected chi connectivity index (χ0v) is 21.9. The Labute approximate surface area is 214 Å². The highest BCUT2D eigenvalue weighted by Crippen LogP contribution is 2.31. The van der Waals surface area contributed by atoms with Gasteiger partial charge in [-0.15, -0.1) is 24.0 Å². The van der Waals surface area contributed by atoms with Gasteiger partial charge < -0.3 is 20.7 Å². The second-order valence-electron chi connectivity index (χ2n) is 7.86. The smallest absolute Gasteiger partial charge is 0.251 e. The lowest BCUT2D eigenvalue weighted by Gasteiger charge is -2.30. The molecule has 8 heteroatoms. The van der Waals surface area contributed by atoms with E-state index in [-0.39, 0.29) is 35.9 Å². The summed E-state index contributed by atoms with van der Waals surface area (Å²) in [6, 6.07) is 17.7. The number of likely N-dealkylation sites (tertiary alicyclic amines) is 1. The van der Waals surface area contributed by atoms with Crippen molar-refractivity contribution < 1.29 is 9.53 Å². The van der Waals surface area contributed by atoms with Crippen LogP contribution in [0.3, 0.4) is 0 Å². The van der Waals surface area contributed by atoms with E-state index in [9.17, 15) is 4.79 Å². The van der Waals surface area contributed by atoms with Crippen LogP contribution >= 0.6 is 24.0 Å². The van der Waals surface area contributed by atoms with Crippen LogP contribution in [0.4, 0.5) is 0 Å². The van der Waals surface area contributed by atoms with Crippen LogP contribution in [0.2, 0.25) is 0 Å². The molecule has 1 amide bonds. The molecule has 0 aliphatic carbocycles. The van der Waals surface area contributed by atoms with Gasteiger partial charge >= 0.3 is 0 Å². The number of ether oxygens (including phenoxy) is 1. The first-order chi connectivity index (χ1) is 15.7. The van der Waals surface area contributed by atoms with Gasteiger partial charge in [-0.05, 0) is 50.6 Å². The standard InChI is InChI=1S/C25H35N5O2.HI/c1-26-25(28-16-10-15-27-24(31)20-11-4-3-5-12-20)29-19-22(30-17-8-9-18-30)21-13-6-7-14-23(21)32-2;/h3-7,11-14,22H,8-10,15-19H2,1-2H3,(H,27,31)(H2,26,28,29);1H. The molecule has 0 aromatic heterocycles. The molecule has 1 atom stereocenters. The molecule has 1 unspecified atom stereocenters. The van der Waals surface area contributed by atoms with E-state index in [4.69, 9.17) is 4.74 Å². The Kier molecular flexibility index (Phi) is 12.0. The molecule has 1 heterocycles. The van der Waals surface area contributed by atoms with Gasteiger partial charge in [0.15, 0.2) is 5.96 Å². The normalized spacial score (nSPS) is 14.8. The molecule has 0 saturated carbocycles.